The molecule has 1 saturated heterocycles. The maximum absolute atomic E-state index is 12.3. The van der Waals surface area contributed by atoms with E-state index in [4.69, 9.17) is 9.47 Å². The first-order valence-electron chi connectivity index (χ1n) is 8.45. The second-order valence-electron chi connectivity index (χ2n) is 5.87. The third-order valence-corrected chi connectivity index (χ3v) is 4.02. The van der Waals surface area contributed by atoms with Crippen molar-refractivity contribution in [3.05, 3.63) is 24.3 Å². The number of benzene rings is 1. The van der Waals surface area contributed by atoms with E-state index < -0.39 is 0 Å². The third kappa shape index (κ3) is 5.48. The Morgan fingerprint density at radius 2 is 1.88 bits per heavy atom. The van der Waals surface area contributed by atoms with E-state index in [0.29, 0.717) is 44.0 Å². The Labute approximate surface area is 147 Å². The molecule has 2 amide bonds. The average molecular weight is 348 g/mol. The van der Waals surface area contributed by atoms with Crippen LogP contribution in [-0.4, -0.2) is 49.0 Å². The van der Waals surface area contributed by atoms with Gasteiger partial charge in [-0.25, -0.2) is 0 Å². The minimum atomic E-state index is -0.205. The van der Waals surface area contributed by atoms with Crippen LogP contribution in [0.1, 0.15) is 26.7 Å². The standard InChI is InChI=1S/C18H24N2O5/c1-3-24-18(23)14-8-10-20(11-9-14)17(22)12-25-16-7-5-4-6-15(16)19-13(2)21/h4-7,14H,3,8-12H2,1-2H3,(H,19,21). The molecule has 2 rings (SSSR count). The van der Waals surface area contributed by atoms with E-state index in [1.807, 2.05) is 0 Å². The van der Waals surface area contributed by atoms with Gasteiger partial charge < -0.3 is 19.7 Å². The van der Waals surface area contributed by atoms with Crippen molar-refractivity contribution < 1.29 is 23.9 Å². The monoisotopic (exact) mass is 348 g/mol. The van der Waals surface area contributed by atoms with Crippen molar-refractivity contribution in [2.75, 3.05) is 31.6 Å². The zero-order valence-electron chi connectivity index (χ0n) is 14.6. The molecular weight excluding hydrogens is 324 g/mol. The lowest BCUT2D eigenvalue weighted by Crippen LogP contribution is -2.42. The summed E-state index contributed by atoms with van der Waals surface area (Å²) in [5.41, 5.74) is 0.531. The van der Waals surface area contributed by atoms with Gasteiger partial charge in [-0.2, -0.15) is 0 Å². The first kappa shape index (κ1) is 18.8. The molecule has 1 aliphatic rings. The van der Waals surface area contributed by atoms with Crippen molar-refractivity contribution in [3.8, 4) is 5.75 Å². The van der Waals surface area contributed by atoms with Crippen LogP contribution in [0.25, 0.3) is 0 Å². The fraction of sp³-hybridized carbons (Fsp3) is 0.500. The molecule has 136 valence electrons. The maximum Gasteiger partial charge on any atom is 0.309 e. The van der Waals surface area contributed by atoms with E-state index in [0.717, 1.165) is 0 Å². The Hall–Kier alpha value is -2.57. The molecular formula is C18H24N2O5. The fourth-order valence-electron chi connectivity index (χ4n) is 2.74. The molecule has 1 fully saturated rings. The molecule has 7 heteroatoms. The van der Waals surface area contributed by atoms with Crippen LogP contribution in [0.3, 0.4) is 0 Å². The van der Waals surface area contributed by atoms with Crippen molar-refractivity contribution in [1.82, 2.24) is 4.90 Å². The second-order valence-corrected chi connectivity index (χ2v) is 5.87. The van der Waals surface area contributed by atoms with E-state index in [1.54, 1.807) is 36.1 Å². The zero-order chi connectivity index (χ0) is 18.2. The van der Waals surface area contributed by atoms with Crippen LogP contribution >= 0.6 is 0 Å². The number of anilines is 1. The summed E-state index contributed by atoms with van der Waals surface area (Å²) in [5.74, 6) is -0.212. The highest BCUT2D eigenvalue weighted by atomic mass is 16.5. The summed E-state index contributed by atoms with van der Waals surface area (Å²) in [6, 6.07) is 6.97. The lowest BCUT2D eigenvalue weighted by molar-refractivity contribution is -0.151. The Kier molecular flexibility index (Phi) is 6.80. The van der Waals surface area contributed by atoms with E-state index in [-0.39, 0.29) is 30.3 Å². The van der Waals surface area contributed by atoms with Gasteiger partial charge in [0, 0.05) is 20.0 Å². The van der Waals surface area contributed by atoms with Crippen LogP contribution in [0.5, 0.6) is 5.75 Å². The van der Waals surface area contributed by atoms with Crippen molar-refractivity contribution in [2.24, 2.45) is 5.92 Å². The number of hydrogen-bond donors (Lipinski definition) is 1. The average Bonchev–Trinajstić information content (AvgIpc) is 2.60. The van der Waals surface area contributed by atoms with Gasteiger partial charge in [0.2, 0.25) is 5.91 Å². The van der Waals surface area contributed by atoms with Gasteiger partial charge in [-0.15, -0.1) is 0 Å². The highest BCUT2D eigenvalue weighted by Gasteiger charge is 2.28. The lowest BCUT2D eigenvalue weighted by Gasteiger charge is -2.30. The van der Waals surface area contributed by atoms with Crippen LogP contribution in [0, 0.1) is 5.92 Å². The summed E-state index contributed by atoms with van der Waals surface area (Å²) in [7, 11) is 0. The summed E-state index contributed by atoms with van der Waals surface area (Å²) in [6.07, 6.45) is 1.21. The number of para-hydroxylation sites is 2. The van der Waals surface area contributed by atoms with Gasteiger partial charge in [0.25, 0.3) is 5.91 Å². The van der Waals surface area contributed by atoms with Crippen molar-refractivity contribution in [3.63, 3.8) is 0 Å². The summed E-state index contributed by atoms with van der Waals surface area (Å²) >= 11 is 0. The lowest BCUT2D eigenvalue weighted by atomic mass is 9.97. The van der Waals surface area contributed by atoms with Crippen molar-refractivity contribution in [1.29, 1.82) is 0 Å². The van der Waals surface area contributed by atoms with Crippen LogP contribution in [0.2, 0.25) is 0 Å². The Morgan fingerprint density at radius 3 is 2.52 bits per heavy atom. The topological polar surface area (TPSA) is 84.9 Å². The number of ether oxygens (including phenoxy) is 2. The van der Waals surface area contributed by atoms with Gasteiger partial charge in [0.1, 0.15) is 5.75 Å². The van der Waals surface area contributed by atoms with Gasteiger partial charge in [-0.1, -0.05) is 12.1 Å². The van der Waals surface area contributed by atoms with Gasteiger partial charge in [-0.05, 0) is 31.9 Å². The number of nitrogens with one attached hydrogen (secondary N) is 1. The first-order valence-corrected chi connectivity index (χ1v) is 8.45. The van der Waals surface area contributed by atoms with Crippen LogP contribution in [0.4, 0.5) is 5.69 Å². The third-order valence-electron chi connectivity index (χ3n) is 4.02. The molecule has 1 aromatic carbocycles. The SMILES string of the molecule is CCOC(=O)C1CCN(C(=O)COc2ccccc2NC(C)=O)CC1. The van der Waals surface area contributed by atoms with E-state index in [1.165, 1.54) is 6.92 Å². The molecule has 1 aliphatic heterocycles. The molecule has 0 unspecified atom stereocenters. The second kappa shape index (κ2) is 9.05. The molecule has 1 N–H and O–H groups in total. The molecule has 0 atom stereocenters. The molecule has 7 nitrogen and oxygen atoms in total. The molecule has 0 spiro atoms. The summed E-state index contributed by atoms with van der Waals surface area (Å²) < 4.78 is 10.6. The molecule has 25 heavy (non-hydrogen) atoms. The minimum Gasteiger partial charge on any atom is -0.482 e. The van der Waals surface area contributed by atoms with Gasteiger partial charge in [-0.3, -0.25) is 14.4 Å². The predicted octanol–water partition coefficient (Wildman–Crippen LogP) is 1.83. The molecule has 1 heterocycles. The van der Waals surface area contributed by atoms with Gasteiger partial charge in [0.15, 0.2) is 6.61 Å². The van der Waals surface area contributed by atoms with E-state index in [9.17, 15) is 14.4 Å². The van der Waals surface area contributed by atoms with Gasteiger partial charge in [0.05, 0.1) is 18.2 Å². The summed E-state index contributed by atoms with van der Waals surface area (Å²) in [4.78, 5) is 36.9. The normalized spacial score (nSPS) is 14.7. The summed E-state index contributed by atoms with van der Waals surface area (Å²) in [6.45, 7) is 4.49. The number of piperidine rings is 1. The smallest absolute Gasteiger partial charge is 0.309 e. The molecule has 0 radical (unpaired) electrons. The van der Waals surface area contributed by atoms with E-state index >= 15 is 0 Å². The first-order chi connectivity index (χ1) is 12.0. The van der Waals surface area contributed by atoms with Crippen molar-refractivity contribution in [2.45, 2.75) is 26.7 Å². The largest absolute Gasteiger partial charge is 0.482 e. The zero-order valence-corrected chi connectivity index (χ0v) is 14.6. The number of carbonyl (C=O) groups excluding carboxylic acids is 3. The Balaban J connectivity index is 1.84. The molecule has 0 aliphatic carbocycles. The number of rotatable bonds is 6. The number of esters is 1. The van der Waals surface area contributed by atoms with Crippen molar-refractivity contribution >= 4 is 23.5 Å². The van der Waals surface area contributed by atoms with E-state index in [2.05, 4.69) is 5.32 Å². The molecule has 1 aromatic rings. The number of carbonyl (C=O) groups is 3. The maximum atomic E-state index is 12.3. The number of nitrogens with zero attached hydrogens (tertiary/aromatic N) is 1. The fourth-order valence-corrected chi connectivity index (χ4v) is 2.74. The number of hydrogen-bond acceptors (Lipinski definition) is 5. The Morgan fingerprint density at radius 1 is 1.20 bits per heavy atom. The highest BCUT2D eigenvalue weighted by molar-refractivity contribution is 5.90. The minimum absolute atomic E-state index is 0.110. The van der Waals surface area contributed by atoms with Crippen LogP contribution in [-0.2, 0) is 19.1 Å². The highest BCUT2D eigenvalue weighted by Crippen LogP contribution is 2.24. The number of amides is 2. The Bertz CT molecular complexity index is 624. The number of likely N-dealkylation sites (tertiary alicyclic amines) is 1. The quantitative estimate of drug-likeness (QED) is 0.793. The predicted molar refractivity (Wildman–Crippen MR) is 92.2 cm³/mol. The molecule has 0 aromatic heterocycles. The molecule has 0 bridgehead atoms. The molecule has 0 saturated carbocycles. The summed E-state index contributed by atoms with van der Waals surface area (Å²) in [5, 5.41) is 2.67. The van der Waals surface area contributed by atoms with Crippen LogP contribution < -0.4 is 10.1 Å². The van der Waals surface area contributed by atoms with Crippen LogP contribution in [0.15, 0.2) is 24.3 Å². The van der Waals surface area contributed by atoms with Gasteiger partial charge >= 0.3 is 5.97 Å².